The van der Waals surface area contributed by atoms with Gasteiger partial charge in [-0.2, -0.15) is 0 Å². The van der Waals surface area contributed by atoms with E-state index in [0.29, 0.717) is 53.6 Å². The first kappa shape index (κ1) is 24.5. The number of rotatable bonds is 5. The SMILES string of the molecule is C=C(C)C(O)CC[C@](C)(O)[C@H]1CC[C@@]2(C)C1CC[C@H]1[C@H]2CCC2C(C)(C)C(=O)CC[C@@]21C. The molecule has 0 saturated heterocycles. The molecule has 4 rings (SSSR count). The highest BCUT2D eigenvalue weighted by atomic mass is 16.3. The molecule has 32 heavy (non-hydrogen) atoms. The quantitative estimate of drug-likeness (QED) is 0.488. The van der Waals surface area contributed by atoms with E-state index in [2.05, 4.69) is 34.3 Å². The largest absolute Gasteiger partial charge is 0.390 e. The molecule has 0 aliphatic heterocycles. The average molecular weight is 445 g/mol. The average Bonchev–Trinajstić information content (AvgIpc) is 3.07. The van der Waals surface area contributed by atoms with Crippen molar-refractivity contribution in [1.29, 1.82) is 0 Å². The zero-order valence-corrected chi connectivity index (χ0v) is 21.5. The van der Waals surface area contributed by atoms with Gasteiger partial charge in [-0.15, -0.1) is 0 Å². The van der Waals surface area contributed by atoms with Gasteiger partial charge in [0.25, 0.3) is 0 Å². The van der Waals surface area contributed by atoms with Gasteiger partial charge in [-0.3, -0.25) is 4.79 Å². The van der Waals surface area contributed by atoms with Crippen molar-refractivity contribution in [2.45, 2.75) is 117 Å². The molecule has 4 fully saturated rings. The van der Waals surface area contributed by atoms with Crippen molar-refractivity contribution < 1.29 is 15.0 Å². The Morgan fingerprint density at radius 2 is 1.62 bits per heavy atom. The fraction of sp³-hybridized carbons (Fsp3) is 0.897. The molecule has 3 unspecified atom stereocenters. The minimum absolute atomic E-state index is 0.179. The van der Waals surface area contributed by atoms with Crippen LogP contribution in [0.2, 0.25) is 0 Å². The Morgan fingerprint density at radius 1 is 1.03 bits per heavy atom. The molecule has 4 aliphatic rings. The molecule has 0 aromatic rings. The van der Waals surface area contributed by atoms with Crippen LogP contribution in [-0.4, -0.2) is 27.7 Å². The van der Waals surface area contributed by atoms with Gasteiger partial charge in [0, 0.05) is 11.8 Å². The third-order valence-electron chi connectivity index (χ3n) is 11.6. The molecule has 4 saturated carbocycles. The molecule has 3 nitrogen and oxygen atoms in total. The molecule has 0 amide bonds. The minimum Gasteiger partial charge on any atom is -0.390 e. The maximum atomic E-state index is 12.8. The molecule has 2 N–H and O–H groups in total. The lowest BCUT2D eigenvalue weighted by molar-refractivity contribution is -0.172. The number of aliphatic hydroxyl groups is 2. The van der Waals surface area contributed by atoms with Gasteiger partial charge in [0.2, 0.25) is 0 Å². The lowest BCUT2D eigenvalue weighted by Gasteiger charge is -2.64. The fourth-order valence-electron chi connectivity index (χ4n) is 9.63. The van der Waals surface area contributed by atoms with E-state index in [1.54, 1.807) is 0 Å². The number of carbonyl (C=O) groups excluding carboxylic acids is 1. The first-order valence-corrected chi connectivity index (χ1v) is 13.3. The Bertz CT molecular complexity index is 766. The zero-order valence-electron chi connectivity index (χ0n) is 21.5. The van der Waals surface area contributed by atoms with Crippen LogP contribution in [0.4, 0.5) is 0 Å². The lowest BCUT2D eigenvalue weighted by Crippen LogP contribution is -2.59. The summed E-state index contributed by atoms with van der Waals surface area (Å²) in [5.41, 5.74) is 0.453. The molecule has 0 aromatic carbocycles. The summed E-state index contributed by atoms with van der Waals surface area (Å²) >= 11 is 0. The van der Waals surface area contributed by atoms with Crippen molar-refractivity contribution in [2.75, 3.05) is 0 Å². The van der Waals surface area contributed by atoms with Crippen molar-refractivity contribution in [3.8, 4) is 0 Å². The smallest absolute Gasteiger partial charge is 0.138 e. The van der Waals surface area contributed by atoms with Gasteiger partial charge >= 0.3 is 0 Å². The normalized spacial score (nSPS) is 45.9. The second-order valence-electron chi connectivity index (χ2n) is 13.6. The van der Waals surface area contributed by atoms with Gasteiger partial charge in [0.15, 0.2) is 0 Å². The summed E-state index contributed by atoms with van der Waals surface area (Å²) in [6.07, 6.45) is 9.76. The molecule has 0 aromatic heterocycles. The summed E-state index contributed by atoms with van der Waals surface area (Å²) in [6, 6.07) is 0. The Labute approximate surface area is 196 Å². The van der Waals surface area contributed by atoms with Crippen molar-refractivity contribution in [3.63, 3.8) is 0 Å². The van der Waals surface area contributed by atoms with Crippen molar-refractivity contribution in [1.82, 2.24) is 0 Å². The number of ketones is 1. The Hall–Kier alpha value is -0.670. The van der Waals surface area contributed by atoms with Crippen LogP contribution in [0, 0.1) is 45.8 Å². The van der Waals surface area contributed by atoms with Gasteiger partial charge in [-0.25, -0.2) is 0 Å². The van der Waals surface area contributed by atoms with Gasteiger partial charge in [-0.05, 0) is 112 Å². The molecule has 4 aliphatic carbocycles. The van der Waals surface area contributed by atoms with E-state index in [0.717, 1.165) is 24.8 Å². The summed E-state index contributed by atoms with van der Waals surface area (Å²) in [5, 5.41) is 21.8. The predicted molar refractivity (Wildman–Crippen MR) is 130 cm³/mol. The highest BCUT2D eigenvalue weighted by Gasteiger charge is 2.64. The second-order valence-corrected chi connectivity index (χ2v) is 13.6. The summed E-state index contributed by atoms with van der Waals surface area (Å²) in [4.78, 5) is 12.8. The number of aliphatic hydroxyl groups excluding tert-OH is 1. The number of fused-ring (bicyclic) bond motifs is 5. The zero-order chi connectivity index (χ0) is 23.7. The summed E-state index contributed by atoms with van der Waals surface area (Å²) in [6.45, 7) is 17.3. The van der Waals surface area contributed by atoms with E-state index < -0.39 is 11.7 Å². The molecule has 3 heteroatoms. The minimum atomic E-state index is -0.730. The molecular weight excluding hydrogens is 396 g/mol. The van der Waals surface area contributed by atoms with E-state index >= 15 is 0 Å². The van der Waals surface area contributed by atoms with Crippen LogP contribution in [-0.2, 0) is 4.79 Å². The summed E-state index contributed by atoms with van der Waals surface area (Å²) < 4.78 is 0. The van der Waals surface area contributed by atoms with Crippen LogP contribution in [0.15, 0.2) is 12.2 Å². The van der Waals surface area contributed by atoms with Gasteiger partial charge in [0.05, 0.1) is 11.7 Å². The fourth-order valence-corrected chi connectivity index (χ4v) is 9.63. The van der Waals surface area contributed by atoms with Crippen LogP contribution >= 0.6 is 0 Å². The Balaban J connectivity index is 1.55. The highest BCUT2D eigenvalue weighted by molar-refractivity contribution is 5.85. The first-order chi connectivity index (χ1) is 14.7. The summed E-state index contributed by atoms with van der Waals surface area (Å²) in [7, 11) is 0. The van der Waals surface area contributed by atoms with E-state index in [-0.39, 0.29) is 10.8 Å². The maximum Gasteiger partial charge on any atom is 0.138 e. The van der Waals surface area contributed by atoms with Crippen LogP contribution in [0.1, 0.15) is 106 Å². The Kier molecular flexibility index (Phi) is 6.07. The molecule has 0 spiro atoms. The maximum absolute atomic E-state index is 12.8. The van der Waals surface area contributed by atoms with E-state index in [9.17, 15) is 15.0 Å². The van der Waals surface area contributed by atoms with E-state index in [1.807, 2.05) is 13.8 Å². The molecular formula is C29H48O3. The first-order valence-electron chi connectivity index (χ1n) is 13.3. The molecule has 9 atom stereocenters. The second kappa shape index (κ2) is 7.94. The van der Waals surface area contributed by atoms with Crippen molar-refractivity contribution in [3.05, 3.63) is 12.2 Å². The number of hydrogen-bond acceptors (Lipinski definition) is 3. The summed E-state index contributed by atoms with van der Waals surface area (Å²) in [5.74, 6) is 3.31. The predicted octanol–water partition coefficient (Wildman–Crippen LogP) is 6.32. The molecule has 0 bridgehead atoms. The Morgan fingerprint density at radius 3 is 2.28 bits per heavy atom. The lowest BCUT2D eigenvalue weighted by atomic mass is 9.40. The molecule has 182 valence electrons. The van der Waals surface area contributed by atoms with Crippen LogP contribution < -0.4 is 0 Å². The monoisotopic (exact) mass is 444 g/mol. The molecule has 0 radical (unpaired) electrons. The molecule has 0 heterocycles. The van der Waals surface area contributed by atoms with Crippen LogP contribution in [0.25, 0.3) is 0 Å². The van der Waals surface area contributed by atoms with Gasteiger partial charge < -0.3 is 10.2 Å². The van der Waals surface area contributed by atoms with E-state index in [1.165, 1.54) is 32.1 Å². The van der Waals surface area contributed by atoms with Crippen molar-refractivity contribution >= 4 is 5.78 Å². The van der Waals surface area contributed by atoms with E-state index in [4.69, 9.17) is 0 Å². The third-order valence-corrected chi connectivity index (χ3v) is 11.6. The van der Waals surface area contributed by atoms with Crippen LogP contribution in [0.3, 0.4) is 0 Å². The van der Waals surface area contributed by atoms with Crippen molar-refractivity contribution in [2.24, 2.45) is 45.8 Å². The highest BCUT2D eigenvalue weighted by Crippen LogP contribution is 2.70. The number of carbonyl (C=O) groups is 1. The van der Waals surface area contributed by atoms with Gasteiger partial charge in [-0.1, -0.05) is 39.8 Å². The van der Waals surface area contributed by atoms with Gasteiger partial charge in [0.1, 0.15) is 5.78 Å². The van der Waals surface area contributed by atoms with Crippen LogP contribution in [0.5, 0.6) is 0 Å². The number of Topliss-reactive ketones (excluding diaryl/α,β-unsaturated/α-hetero) is 1. The topological polar surface area (TPSA) is 57.5 Å². The number of hydrogen-bond donors (Lipinski definition) is 2. The third kappa shape index (κ3) is 3.56. The standard InChI is InChI=1S/C29H48O3/c1-18(2)23(30)13-17-29(7,32)22-12-15-27(5)19-10-11-24-26(3,4)25(31)14-16-28(24,6)20(19)8-9-21(22)27/h19-24,30,32H,1,8-17H2,2-7H3/t19-,20+,21?,22+,23?,24?,27-,28-,29+/m1/s1.